The van der Waals surface area contributed by atoms with E-state index in [2.05, 4.69) is 60.1 Å². The lowest BCUT2D eigenvalue weighted by Gasteiger charge is -2.61. The molecular weight excluding hydrogens is 444 g/mol. The minimum Gasteiger partial charge on any atom is -0.415 e. The fraction of sp³-hybridized carbons (Fsp3) is 0.963. The van der Waals surface area contributed by atoms with Crippen LogP contribution in [0.4, 0.5) is 0 Å². The normalized spacial score (nSPS) is 47.0. The first kappa shape index (κ1) is 26.1. The van der Waals surface area contributed by atoms with Gasteiger partial charge in [-0.25, -0.2) is 0 Å². The molecule has 4 nitrogen and oxygen atoms in total. The summed E-state index contributed by atoms with van der Waals surface area (Å²) in [5.74, 6) is 2.03. The second kappa shape index (κ2) is 8.26. The number of hydrogen-bond donors (Lipinski definition) is 1. The van der Waals surface area contributed by atoms with E-state index in [1.54, 1.807) is 0 Å². The van der Waals surface area contributed by atoms with Crippen LogP contribution in [-0.4, -0.2) is 45.3 Å². The smallest absolute Gasteiger partial charge is 0.184 e. The number of Topliss-reactive ketones (excluding diaryl/α,β-unsaturated/α-hetero) is 1. The van der Waals surface area contributed by atoms with Crippen LogP contribution < -0.4 is 0 Å². The van der Waals surface area contributed by atoms with E-state index in [-0.39, 0.29) is 22.9 Å². The lowest BCUT2D eigenvalue weighted by atomic mass is 9.44. The molecule has 0 spiro atoms. The van der Waals surface area contributed by atoms with Gasteiger partial charge >= 0.3 is 0 Å². The molecule has 0 radical (unpaired) electrons. The standard InChI is InChI=1S/C27H50O4Si2/c1-18(30-32(4,5)6)27(29)15-13-22-21-11-10-19-16-20(31-33(7,8)9)12-14-25(19,2)24(21)23(28)17-26(22,27)3/h18-22,24,29H,10-17H2,1-9H3/t18-,19+,20+,21-,22-,24+,25-,26-,27-/m0/s1. The van der Waals surface area contributed by atoms with Gasteiger partial charge in [-0.3, -0.25) is 4.79 Å². The summed E-state index contributed by atoms with van der Waals surface area (Å²) < 4.78 is 13.0. The van der Waals surface area contributed by atoms with Crippen molar-refractivity contribution in [3.63, 3.8) is 0 Å². The SMILES string of the molecule is C[C@H](O[Si](C)(C)C)[C@@]1(O)CC[C@H]2[C@@H]3CC[C@@H]4C[C@H](O[Si](C)(C)C)CC[C@]4(C)[C@H]3C(=O)C[C@@]21C. The van der Waals surface area contributed by atoms with Crippen molar-refractivity contribution in [2.75, 3.05) is 0 Å². The van der Waals surface area contributed by atoms with Crippen LogP contribution in [0.1, 0.15) is 72.1 Å². The Morgan fingerprint density at radius 1 is 0.970 bits per heavy atom. The van der Waals surface area contributed by atoms with Gasteiger partial charge in [0.05, 0.1) is 11.7 Å². The summed E-state index contributed by atoms with van der Waals surface area (Å²) in [6, 6.07) is 0. The van der Waals surface area contributed by atoms with Crippen LogP contribution in [0.5, 0.6) is 0 Å². The number of rotatable bonds is 5. The zero-order chi connectivity index (χ0) is 24.6. The van der Waals surface area contributed by atoms with Crippen LogP contribution in [-0.2, 0) is 13.6 Å². The molecule has 9 atom stereocenters. The molecule has 4 rings (SSSR count). The Hall–Kier alpha value is -0.0162. The van der Waals surface area contributed by atoms with E-state index in [0.29, 0.717) is 36.1 Å². The van der Waals surface area contributed by atoms with Crippen molar-refractivity contribution in [3.8, 4) is 0 Å². The van der Waals surface area contributed by atoms with Gasteiger partial charge in [0.25, 0.3) is 0 Å². The van der Waals surface area contributed by atoms with Crippen LogP contribution in [0.25, 0.3) is 0 Å². The number of carbonyl (C=O) groups excluding carboxylic acids is 1. The summed E-state index contributed by atoms with van der Waals surface area (Å²) in [4.78, 5) is 14.0. The van der Waals surface area contributed by atoms with Crippen molar-refractivity contribution in [1.29, 1.82) is 0 Å². The van der Waals surface area contributed by atoms with Crippen molar-refractivity contribution >= 4 is 22.4 Å². The van der Waals surface area contributed by atoms with Gasteiger partial charge in [0.1, 0.15) is 5.78 Å². The minimum absolute atomic E-state index is 0.0990. The fourth-order valence-corrected chi connectivity index (χ4v) is 11.4. The Kier molecular flexibility index (Phi) is 6.52. The molecule has 0 aromatic carbocycles. The third-order valence-corrected chi connectivity index (χ3v) is 12.3. The van der Waals surface area contributed by atoms with Crippen LogP contribution in [0.2, 0.25) is 39.3 Å². The van der Waals surface area contributed by atoms with Crippen LogP contribution in [0.3, 0.4) is 0 Å². The topological polar surface area (TPSA) is 55.8 Å². The maximum absolute atomic E-state index is 14.0. The largest absolute Gasteiger partial charge is 0.415 e. The van der Waals surface area contributed by atoms with E-state index < -0.39 is 22.2 Å². The van der Waals surface area contributed by atoms with Crippen molar-refractivity contribution in [1.82, 2.24) is 0 Å². The highest BCUT2D eigenvalue weighted by atomic mass is 28.4. The van der Waals surface area contributed by atoms with Gasteiger partial charge in [-0.1, -0.05) is 13.8 Å². The zero-order valence-corrected chi connectivity index (χ0v) is 24.8. The van der Waals surface area contributed by atoms with E-state index in [0.717, 1.165) is 38.5 Å². The van der Waals surface area contributed by atoms with Crippen LogP contribution >= 0.6 is 0 Å². The van der Waals surface area contributed by atoms with Gasteiger partial charge < -0.3 is 14.0 Å². The molecule has 6 heteroatoms. The van der Waals surface area contributed by atoms with Crippen LogP contribution in [0.15, 0.2) is 0 Å². The number of ketones is 1. The third kappa shape index (κ3) is 4.38. The van der Waals surface area contributed by atoms with Crippen LogP contribution in [0, 0.1) is 34.5 Å². The average molecular weight is 495 g/mol. The molecule has 0 amide bonds. The number of fused-ring (bicyclic) bond motifs is 5. The monoisotopic (exact) mass is 494 g/mol. The van der Waals surface area contributed by atoms with E-state index >= 15 is 0 Å². The van der Waals surface area contributed by atoms with E-state index in [9.17, 15) is 9.90 Å². The quantitative estimate of drug-likeness (QED) is 0.449. The molecule has 33 heavy (non-hydrogen) atoms. The highest BCUT2D eigenvalue weighted by molar-refractivity contribution is 6.70. The molecule has 0 heterocycles. The summed E-state index contributed by atoms with van der Waals surface area (Å²) in [7, 11) is -3.34. The molecule has 4 fully saturated rings. The van der Waals surface area contributed by atoms with Gasteiger partial charge in [0, 0.05) is 23.9 Å². The minimum atomic E-state index is -1.79. The zero-order valence-electron chi connectivity index (χ0n) is 22.8. The molecule has 0 aliphatic heterocycles. The molecule has 1 N–H and O–H groups in total. The molecule has 4 aliphatic carbocycles. The fourth-order valence-electron chi connectivity index (χ4n) is 8.97. The Morgan fingerprint density at radius 3 is 2.24 bits per heavy atom. The summed E-state index contributed by atoms with van der Waals surface area (Å²) in [5.41, 5.74) is -1.17. The second-order valence-electron chi connectivity index (χ2n) is 14.6. The van der Waals surface area contributed by atoms with Gasteiger partial charge in [0.2, 0.25) is 0 Å². The first-order chi connectivity index (χ1) is 15.0. The first-order valence-electron chi connectivity index (χ1n) is 13.6. The molecule has 0 aromatic heterocycles. The molecule has 190 valence electrons. The molecule has 0 unspecified atom stereocenters. The molecule has 4 saturated carbocycles. The number of aliphatic hydroxyl groups is 1. The predicted molar refractivity (Wildman–Crippen MR) is 139 cm³/mol. The molecule has 0 aromatic rings. The second-order valence-corrected chi connectivity index (χ2v) is 23.5. The van der Waals surface area contributed by atoms with Gasteiger partial charge in [-0.05, 0) is 114 Å². The maximum atomic E-state index is 14.0. The Bertz CT molecular complexity index is 773. The van der Waals surface area contributed by atoms with Gasteiger partial charge in [0.15, 0.2) is 16.6 Å². The molecule has 0 saturated heterocycles. The third-order valence-electron chi connectivity index (χ3n) is 10.2. The Labute approximate surface area is 204 Å². The van der Waals surface area contributed by atoms with E-state index in [1.807, 2.05) is 0 Å². The lowest BCUT2D eigenvalue weighted by molar-refractivity contribution is -0.187. The van der Waals surface area contributed by atoms with E-state index in [4.69, 9.17) is 8.85 Å². The summed E-state index contributed by atoms with van der Waals surface area (Å²) in [6.07, 6.45) is 8.17. The van der Waals surface area contributed by atoms with Gasteiger partial charge in [-0.2, -0.15) is 0 Å². The summed E-state index contributed by atoms with van der Waals surface area (Å²) in [5, 5.41) is 12.1. The van der Waals surface area contributed by atoms with Crippen molar-refractivity contribution < 1.29 is 18.8 Å². The van der Waals surface area contributed by atoms with Crippen molar-refractivity contribution in [2.24, 2.45) is 34.5 Å². The molecular formula is C27H50O4Si2. The first-order valence-corrected chi connectivity index (χ1v) is 20.4. The maximum Gasteiger partial charge on any atom is 0.184 e. The number of carbonyl (C=O) groups is 1. The Morgan fingerprint density at radius 2 is 1.64 bits per heavy atom. The molecule has 0 bridgehead atoms. The predicted octanol–water partition coefficient (Wildman–Crippen LogP) is 6.40. The number of hydrogen-bond acceptors (Lipinski definition) is 4. The summed E-state index contributed by atoms with van der Waals surface area (Å²) >= 11 is 0. The van der Waals surface area contributed by atoms with Crippen molar-refractivity contribution in [3.05, 3.63) is 0 Å². The van der Waals surface area contributed by atoms with E-state index in [1.165, 1.54) is 6.42 Å². The van der Waals surface area contributed by atoms with Crippen molar-refractivity contribution in [2.45, 2.75) is 129 Å². The summed E-state index contributed by atoms with van der Waals surface area (Å²) in [6.45, 7) is 20.1. The Balaban J connectivity index is 1.57. The van der Waals surface area contributed by atoms with Gasteiger partial charge in [-0.15, -0.1) is 0 Å². The lowest BCUT2D eigenvalue weighted by Crippen LogP contribution is -2.63. The highest BCUT2D eigenvalue weighted by Crippen LogP contribution is 2.68. The highest BCUT2D eigenvalue weighted by Gasteiger charge is 2.68. The molecule has 4 aliphatic rings. The average Bonchev–Trinajstić information content (AvgIpc) is 2.91.